The van der Waals surface area contributed by atoms with Gasteiger partial charge < -0.3 is 10.6 Å². The van der Waals surface area contributed by atoms with Crippen LogP contribution in [-0.4, -0.2) is 28.9 Å². The fraction of sp³-hybridized carbons (Fsp3) is 0.273. The maximum Gasteiger partial charge on any atom is 0.254 e. The van der Waals surface area contributed by atoms with Crippen LogP contribution in [0.5, 0.6) is 0 Å². The number of hydrogen-bond donors (Lipinski definition) is 1. The monoisotopic (exact) mass is 256 g/mol. The number of carbonyl (C=O) groups is 1. The Labute approximate surface area is 105 Å². The number of hydrogen-bond acceptors (Lipinski definition) is 2. The summed E-state index contributed by atoms with van der Waals surface area (Å²) in [6, 6.07) is 6.81. The van der Waals surface area contributed by atoms with Crippen LogP contribution in [0.4, 0.5) is 0 Å². The van der Waals surface area contributed by atoms with E-state index in [4.69, 9.17) is 29.6 Å². The van der Waals surface area contributed by atoms with E-state index >= 15 is 0 Å². The number of likely N-dealkylation sites (N-methyl/N-ethyl adjacent to an activating group) is 1. The number of amides is 1. The molecule has 1 amide bonds. The number of benzene rings is 1. The molecule has 16 heavy (non-hydrogen) atoms. The van der Waals surface area contributed by atoms with Crippen molar-refractivity contribution in [1.29, 1.82) is 0 Å². The van der Waals surface area contributed by atoms with E-state index in [1.165, 1.54) is 0 Å². The summed E-state index contributed by atoms with van der Waals surface area (Å²) in [5, 5.41) is 0.539. The Morgan fingerprint density at radius 2 is 2.25 bits per heavy atom. The first-order valence-corrected chi connectivity index (χ1v) is 5.66. The average molecular weight is 257 g/mol. The lowest BCUT2D eigenvalue weighted by Crippen LogP contribution is -2.37. The third-order valence-electron chi connectivity index (χ3n) is 2.09. The minimum atomic E-state index is -0.113. The summed E-state index contributed by atoms with van der Waals surface area (Å²) in [5.74, 6) is -0.113. The summed E-state index contributed by atoms with van der Waals surface area (Å²) in [6.07, 6.45) is 0. The van der Waals surface area contributed by atoms with Crippen molar-refractivity contribution in [3.8, 4) is 0 Å². The number of nitrogens with two attached hydrogens (primary N) is 1. The van der Waals surface area contributed by atoms with Crippen molar-refractivity contribution in [2.75, 3.05) is 13.1 Å². The zero-order valence-corrected chi connectivity index (χ0v) is 10.5. The van der Waals surface area contributed by atoms with Gasteiger partial charge in [-0.25, -0.2) is 0 Å². The molecule has 0 unspecified atom stereocenters. The van der Waals surface area contributed by atoms with Crippen LogP contribution in [0.2, 0.25) is 5.02 Å². The van der Waals surface area contributed by atoms with Crippen molar-refractivity contribution in [3.05, 3.63) is 34.9 Å². The highest BCUT2D eigenvalue weighted by molar-refractivity contribution is 7.80. The summed E-state index contributed by atoms with van der Waals surface area (Å²) in [7, 11) is 0. The Morgan fingerprint density at radius 3 is 2.75 bits per heavy atom. The van der Waals surface area contributed by atoms with Gasteiger partial charge in [0.25, 0.3) is 5.91 Å². The molecule has 1 aromatic rings. The molecule has 5 heteroatoms. The third-order valence-corrected chi connectivity index (χ3v) is 2.45. The van der Waals surface area contributed by atoms with Gasteiger partial charge in [0.1, 0.15) is 0 Å². The zero-order valence-electron chi connectivity index (χ0n) is 8.94. The summed E-state index contributed by atoms with van der Waals surface area (Å²) < 4.78 is 0. The fourth-order valence-electron chi connectivity index (χ4n) is 1.32. The first kappa shape index (κ1) is 12.9. The van der Waals surface area contributed by atoms with E-state index < -0.39 is 0 Å². The molecule has 0 atom stereocenters. The zero-order chi connectivity index (χ0) is 12.1. The molecule has 86 valence electrons. The normalized spacial score (nSPS) is 9.88. The SMILES string of the molecule is CCN(CC(N)=S)C(=O)c1cccc(Cl)c1. The molecule has 1 aromatic carbocycles. The second-order valence-corrected chi connectivity index (χ2v) is 4.26. The molecule has 0 bridgehead atoms. The predicted molar refractivity (Wildman–Crippen MR) is 69.8 cm³/mol. The van der Waals surface area contributed by atoms with Crippen molar-refractivity contribution in [3.63, 3.8) is 0 Å². The van der Waals surface area contributed by atoms with E-state index in [0.29, 0.717) is 22.1 Å². The Kier molecular flexibility index (Phi) is 4.71. The summed E-state index contributed by atoms with van der Waals surface area (Å²) >= 11 is 10.6. The highest BCUT2D eigenvalue weighted by Gasteiger charge is 2.14. The van der Waals surface area contributed by atoms with Gasteiger partial charge >= 0.3 is 0 Å². The Balaban J connectivity index is 2.86. The molecule has 0 aromatic heterocycles. The molecule has 0 aliphatic carbocycles. The van der Waals surface area contributed by atoms with Crippen LogP contribution in [0.3, 0.4) is 0 Å². The molecule has 0 fully saturated rings. The van der Waals surface area contributed by atoms with Gasteiger partial charge in [-0.2, -0.15) is 0 Å². The standard InChI is InChI=1S/C11H13ClN2OS/c1-2-14(7-10(13)16)11(15)8-4-3-5-9(12)6-8/h3-6H,2,7H2,1H3,(H2,13,16). The molecule has 0 heterocycles. The number of rotatable bonds is 4. The average Bonchev–Trinajstić information content (AvgIpc) is 2.24. The van der Waals surface area contributed by atoms with Crippen molar-refractivity contribution in [2.24, 2.45) is 5.73 Å². The molecular weight excluding hydrogens is 244 g/mol. The van der Waals surface area contributed by atoms with Crippen LogP contribution in [0.15, 0.2) is 24.3 Å². The smallest absolute Gasteiger partial charge is 0.254 e. The molecular formula is C11H13ClN2OS. The van der Waals surface area contributed by atoms with Crippen molar-refractivity contribution in [1.82, 2.24) is 4.90 Å². The molecule has 0 radical (unpaired) electrons. The number of carbonyl (C=O) groups excluding carboxylic acids is 1. The van der Waals surface area contributed by atoms with Gasteiger partial charge in [-0.05, 0) is 25.1 Å². The number of nitrogens with zero attached hydrogens (tertiary/aromatic N) is 1. The van der Waals surface area contributed by atoms with Gasteiger partial charge in [0.15, 0.2) is 0 Å². The van der Waals surface area contributed by atoms with Crippen LogP contribution in [0.1, 0.15) is 17.3 Å². The van der Waals surface area contributed by atoms with Crippen molar-refractivity contribution < 1.29 is 4.79 Å². The second-order valence-electron chi connectivity index (χ2n) is 3.30. The lowest BCUT2D eigenvalue weighted by Gasteiger charge is -2.20. The van der Waals surface area contributed by atoms with Crippen LogP contribution >= 0.6 is 23.8 Å². The number of thiocarbonyl (C=S) groups is 1. The fourth-order valence-corrected chi connectivity index (χ4v) is 1.67. The van der Waals surface area contributed by atoms with Crippen molar-refractivity contribution in [2.45, 2.75) is 6.92 Å². The molecule has 0 aliphatic heterocycles. The third kappa shape index (κ3) is 3.47. The minimum absolute atomic E-state index is 0.113. The van der Waals surface area contributed by atoms with E-state index in [9.17, 15) is 4.79 Å². The topological polar surface area (TPSA) is 46.3 Å². The van der Waals surface area contributed by atoms with Gasteiger partial charge in [0, 0.05) is 17.1 Å². The Hall–Kier alpha value is -1.13. The van der Waals surface area contributed by atoms with Gasteiger partial charge in [0.05, 0.1) is 11.5 Å². The van der Waals surface area contributed by atoms with E-state index in [1.54, 1.807) is 29.2 Å². The molecule has 3 nitrogen and oxygen atoms in total. The lowest BCUT2D eigenvalue weighted by atomic mass is 10.2. The first-order chi connectivity index (χ1) is 7.54. The molecule has 1 rings (SSSR count). The summed E-state index contributed by atoms with van der Waals surface area (Å²) in [6.45, 7) is 2.72. The first-order valence-electron chi connectivity index (χ1n) is 4.87. The van der Waals surface area contributed by atoms with E-state index in [1.807, 2.05) is 6.92 Å². The second kappa shape index (κ2) is 5.82. The van der Waals surface area contributed by atoms with E-state index in [2.05, 4.69) is 0 Å². The molecule has 2 N–H and O–H groups in total. The summed E-state index contributed by atoms with van der Waals surface area (Å²) in [4.78, 5) is 13.9. The largest absolute Gasteiger partial charge is 0.392 e. The summed E-state index contributed by atoms with van der Waals surface area (Å²) in [5.41, 5.74) is 5.97. The highest BCUT2D eigenvalue weighted by atomic mass is 35.5. The van der Waals surface area contributed by atoms with Crippen LogP contribution < -0.4 is 5.73 Å². The van der Waals surface area contributed by atoms with Gasteiger partial charge in [-0.1, -0.05) is 29.9 Å². The minimum Gasteiger partial charge on any atom is -0.392 e. The van der Waals surface area contributed by atoms with E-state index in [-0.39, 0.29) is 12.5 Å². The van der Waals surface area contributed by atoms with Gasteiger partial charge in [-0.15, -0.1) is 0 Å². The lowest BCUT2D eigenvalue weighted by molar-refractivity contribution is 0.0788. The molecule has 0 aliphatic rings. The quantitative estimate of drug-likeness (QED) is 0.839. The van der Waals surface area contributed by atoms with Crippen LogP contribution in [0, 0.1) is 0 Å². The Bertz CT molecular complexity index is 409. The molecule has 0 saturated heterocycles. The molecule has 0 spiro atoms. The van der Waals surface area contributed by atoms with E-state index in [0.717, 1.165) is 0 Å². The van der Waals surface area contributed by atoms with Gasteiger partial charge in [-0.3, -0.25) is 4.79 Å². The maximum atomic E-state index is 12.0. The molecule has 0 saturated carbocycles. The Morgan fingerprint density at radius 1 is 1.56 bits per heavy atom. The number of halogens is 1. The van der Waals surface area contributed by atoms with Crippen LogP contribution in [0.25, 0.3) is 0 Å². The predicted octanol–water partition coefficient (Wildman–Crippen LogP) is 2.09. The maximum absolute atomic E-state index is 12.0. The van der Waals surface area contributed by atoms with Gasteiger partial charge in [0.2, 0.25) is 0 Å². The highest BCUT2D eigenvalue weighted by Crippen LogP contribution is 2.12. The van der Waals surface area contributed by atoms with Crippen molar-refractivity contribution >= 4 is 34.7 Å². The van der Waals surface area contributed by atoms with Crippen LogP contribution in [-0.2, 0) is 0 Å².